The number of aromatic nitrogens is 1. The molecule has 7 heteroatoms. The number of nitrogens with zero attached hydrogens (tertiary/aromatic N) is 2. The van der Waals surface area contributed by atoms with Gasteiger partial charge in [-0.3, -0.25) is 15.2 Å². The van der Waals surface area contributed by atoms with Gasteiger partial charge in [0.25, 0.3) is 0 Å². The van der Waals surface area contributed by atoms with Gasteiger partial charge in [0.1, 0.15) is 0 Å². The molecule has 3 rings (SSSR count). The minimum Gasteiger partial charge on any atom is -0.492 e. The first-order chi connectivity index (χ1) is 11.5. The Balaban J connectivity index is 1.91. The molecule has 1 amide bonds. The molecule has 0 atom stereocenters. The molecule has 0 fully saturated rings. The Hall–Kier alpha value is -2.25. The number of rotatable bonds is 4. The van der Waals surface area contributed by atoms with E-state index >= 15 is 0 Å². The summed E-state index contributed by atoms with van der Waals surface area (Å²) in [7, 11) is 0. The fraction of sp³-hybridized carbons (Fsp3) is 0.235. The van der Waals surface area contributed by atoms with Crippen molar-refractivity contribution in [3.8, 4) is 5.88 Å². The molecule has 0 saturated carbocycles. The number of aliphatic imine (C=N–C) groups is 1. The first-order valence-electron chi connectivity index (χ1n) is 7.55. The van der Waals surface area contributed by atoms with Gasteiger partial charge in [-0.25, -0.2) is 0 Å². The topological polar surface area (TPSA) is 66.6 Å². The van der Waals surface area contributed by atoms with Crippen molar-refractivity contribution in [3.63, 3.8) is 0 Å². The van der Waals surface area contributed by atoms with Crippen LogP contribution in [0.3, 0.4) is 0 Å². The van der Waals surface area contributed by atoms with Crippen LogP contribution < -0.4 is 5.43 Å². The molecule has 0 bridgehead atoms. The van der Waals surface area contributed by atoms with Crippen molar-refractivity contribution in [1.82, 2.24) is 4.68 Å². The van der Waals surface area contributed by atoms with Crippen LogP contribution in [0.25, 0.3) is 11.6 Å². The molecular formula is C17H17N3O2S2. The highest BCUT2D eigenvalue weighted by atomic mass is 32.1. The maximum Gasteiger partial charge on any atom is 0.239 e. The number of amides is 1. The van der Waals surface area contributed by atoms with E-state index in [0.717, 1.165) is 16.8 Å². The Bertz CT molecular complexity index is 907. The zero-order chi connectivity index (χ0) is 17.3. The summed E-state index contributed by atoms with van der Waals surface area (Å²) < 4.78 is 1.65. The lowest BCUT2D eigenvalue weighted by Gasteiger charge is -2.08. The van der Waals surface area contributed by atoms with Crippen LogP contribution in [0.2, 0.25) is 0 Å². The number of thiazole rings is 1. The molecule has 124 valence electrons. The summed E-state index contributed by atoms with van der Waals surface area (Å²) in [4.78, 5) is 16.9. The number of benzene rings is 1. The van der Waals surface area contributed by atoms with Gasteiger partial charge in [0.15, 0.2) is 3.95 Å². The highest BCUT2D eigenvalue weighted by Gasteiger charge is 2.16. The van der Waals surface area contributed by atoms with Gasteiger partial charge in [-0.15, -0.1) is 0 Å². The zero-order valence-electron chi connectivity index (χ0n) is 13.3. The highest BCUT2D eigenvalue weighted by molar-refractivity contribution is 7.73. The van der Waals surface area contributed by atoms with Crippen molar-refractivity contribution in [1.29, 1.82) is 0 Å². The van der Waals surface area contributed by atoms with Crippen LogP contribution in [0.1, 0.15) is 30.7 Å². The van der Waals surface area contributed by atoms with Crippen LogP contribution in [0.15, 0.2) is 29.3 Å². The lowest BCUT2D eigenvalue weighted by atomic mass is 10.1. The van der Waals surface area contributed by atoms with Gasteiger partial charge in [0.2, 0.25) is 11.8 Å². The van der Waals surface area contributed by atoms with Gasteiger partial charge in [0, 0.05) is 23.8 Å². The third-order valence-corrected chi connectivity index (χ3v) is 4.80. The number of para-hydroxylation sites is 1. The zero-order valence-corrected chi connectivity index (χ0v) is 14.9. The molecule has 24 heavy (non-hydrogen) atoms. The molecule has 1 aliphatic heterocycles. The molecule has 0 radical (unpaired) electrons. The molecule has 0 saturated heterocycles. The van der Waals surface area contributed by atoms with Gasteiger partial charge in [-0.05, 0) is 30.3 Å². The fourth-order valence-electron chi connectivity index (χ4n) is 2.41. The monoisotopic (exact) mass is 359 g/mol. The molecule has 0 unspecified atom stereocenters. The summed E-state index contributed by atoms with van der Waals surface area (Å²) in [6.07, 6.45) is 3.96. The van der Waals surface area contributed by atoms with Crippen molar-refractivity contribution in [2.24, 2.45) is 10.9 Å². The Morgan fingerprint density at radius 3 is 2.96 bits per heavy atom. The number of hydrogen-bond donors (Lipinski definition) is 2. The molecule has 2 heterocycles. The molecule has 0 aliphatic carbocycles. The number of aromatic hydroxyl groups is 1. The van der Waals surface area contributed by atoms with Gasteiger partial charge in [0.05, 0.1) is 10.6 Å². The van der Waals surface area contributed by atoms with Gasteiger partial charge < -0.3 is 5.11 Å². The van der Waals surface area contributed by atoms with E-state index in [4.69, 9.17) is 12.2 Å². The molecule has 1 aromatic heterocycles. The van der Waals surface area contributed by atoms with Gasteiger partial charge in [-0.1, -0.05) is 43.4 Å². The summed E-state index contributed by atoms with van der Waals surface area (Å²) >= 11 is 6.49. The standard InChI is InChI=1S/C17H17N3O2S2/c1-10(2)7-15(21)19-20-16(22)14(24-17(20)23)8-11-9-18-13-6-4-3-5-12(11)13/h3-6,8-10,22H,7H2,1-2H3,(H,19,21)/b11-8+. The van der Waals surface area contributed by atoms with Crippen molar-refractivity contribution in [3.05, 3.63) is 38.7 Å². The Labute approximate surface area is 149 Å². The van der Waals surface area contributed by atoms with E-state index in [9.17, 15) is 9.90 Å². The molecule has 2 N–H and O–H groups in total. The van der Waals surface area contributed by atoms with Crippen molar-refractivity contribution < 1.29 is 9.90 Å². The second-order valence-electron chi connectivity index (χ2n) is 5.90. The number of carbonyl (C=O) groups is 1. The van der Waals surface area contributed by atoms with E-state index in [-0.39, 0.29) is 17.7 Å². The smallest absolute Gasteiger partial charge is 0.239 e. The summed E-state index contributed by atoms with van der Waals surface area (Å²) in [5.41, 5.74) is 5.45. The van der Waals surface area contributed by atoms with Crippen LogP contribution in [-0.2, 0) is 4.79 Å². The van der Waals surface area contributed by atoms with Crippen LogP contribution in [0.4, 0.5) is 5.69 Å². The lowest BCUT2D eigenvalue weighted by molar-refractivity contribution is -0.117. The fourth-order valence-corrected chi connectivity index (χ4v) is 3.59. The third-order valence-electron chi connectivity index (χ3n) is 3.49. The highest BCUT2D eigenvalue weighted by Crippen LogP contribution is 2.35. The van der Waals surface area contributed by atoms with E-state index in [1.807, 2.05) is 44.2 Å². The number of fused-ring (bicyclic) bond motifs is 1. The quantitative estimate of drug-likeness (QED) is 0.797. The maximum atomic E-state index is 11.9. The molecule has 2 aromatic rings. The third kappa shape index (κ3) is 3.32. The van der Waals surface area contributed by atoms with E-state index in [1.165, 1.54) is 16.0 Å². The van der Waals surface area contributed by atoms with Crippen molar-refractivity contribution >= 4 is 53.0 Å². The maximum absolute atomic E-state index is 11.9. The minimum absolute atomic E-state index is 0.0626. The Kier molecular flexibility index (Phi) is 4.64. The van der Waals surface area contributed by atoms with E-state index in [2.05, 4.69) is 10.4 Å². The number of nitrogens with one attached hydrogen (secondary N) is 1. The van der Waals surface area contributed by atoms with E-state index < -0.39 is 0 Å². The van der Waals surface area contributed by atoms with Crippen molar-refractivity contribution in [2.75, 3.05) is 5.43 Å². The average molecular weight is 359 g/mol. The lowest BCUT2D eigenvalue weighted by Crippen LogP contribution is -2.23. The number of hydrogen-bond acceptors (Lipinski definition) is 5. The first kappa shape index (κ1) is 16.6. The van der Waals surface area contributed by atoms with Gasteiger partial charge in [-0.2, -0.15) is 4.68 Å². The summed E-state index contributed by atoms with van der Waals surface area (Å²) in [6.45, 7) is 3.91. The SMILES string of the molecule is CC(C)CC(=O)Nn1c(O)c(/C=C2\C=Nc3ccccc32)sc1=S. The predicted molar refractivity (Wildman–Crippen MR) is 101 cm³/mol. The molecule has 1 aliphatic rings. The van der Waals surface area contributed by atoms with E-state index in [0.29, 0.717) is 15.3 Å². The summed E-state index contributed by atoms with van der Waals surface area (Å²) in [5, 5.41) is 10.4. The molecule has 0 spiro atoms. The number of carbonyl (C=O) groups excluding carboxylic acids is 1. The summed E-state index contributed by atoms with van der Waals surface area (Å²) in [5.74, 6) is -0.0127. The summed E-state index contributed by atoms with van der Waals surface area (Å²) in [6, 6.07) is 7.79. The normalized spacial score (nSPS) is 14.4. The minimum atomic E-state index is -0.179. The van der Waals surface area contributed by atoms with Crippen molar-refractivity contribution in [2.45, 2.75) is 20.3 Å². The van der Waals surface area contributed by atoms with Gasteiger partial charge >= 0.3 is 0 Å². The van der Waals surface area contributed by atoms with Crippen LogP contribution in [0.5, 0.6) is 5.88 Å². The molecule has 1 aromatic carbocycles. The molecular weight excluding hydrogens is 342 g/mol. The van der Waals surface area contributed by atoms with Crippen LogP contribution >= 0.6 is 23.6 Å². The van der Waals surface area contributed by atoms with Crippen LogP contribution in [-0.4, -0.2) is 21.9 Å². The predicted octanol–water partition coefficient (Wildman–Crippen LogP) is 4.36. The largest absolute Gasteiger partial charge is 0.492 e. The second kappa shape index (κ2) is 6.70. The average Bonchev–Trinajstić information content (AvgIpc) is 3.04. The second-order valence-corrected chi connectivity index (χ2v) is 7.57. The Morgan fingerprint density at radius 1 is 1.46 bits per heavy atom. The Morgan fingerprint density at radius 2 is 2.21 bits per heavy atom. The first-order valence-corrected chi connectivity index (χ1v) is 8.78. The van der Waals surface area contributed by atoms with Crippen LogP contribution in [0, 0.1) is 9.87 Å². The molecule has 5 nitrogen and oxygen atoms in total. The number of allylic oxidation sites excluding steroid dienone is 1. The van der Waals surface area contributed by atoms with E-state index in [1.54, 1.807) is 6.21 Å².